The molecular formula is C18H22N4O2. The average molecular weight is 326 g/mol. The molecule has 2 fully saturated rings. The monoisotopic (exact) mass is 326 g/mol. The summed E-state index contributed by atoms with van der Waals surface area (Å²) in [5, 5.41) is 0.576. The van der Waals surface area contributed by atoms with E-state index in [1.165, 1.54) is 25.7 Å². The molecule has 1 amide bonds. The minimum Gasteiger partial charge on any atom is -0.339 e. The smallest absolute Gasteiger partial charge is 0.260 e. The van der Waals surface area contributed by atoms with E-state index in [1.54, 1.807) is 6.07 Å². The number of carbonyl (C=O) groups excluding carboxylic acids is 1. The van der Waals surface area contributed by atoms with Crippen molar-refractivity contribution in [2.75, 3.05) is 31.1 Å². The lowest BCUT2D eigenvalue weighted by Gasteiger charge is -2.35. The van der Waals surface area contributed by atoms with Crippen molar-refractivity contribution >= 4 is 22.8 Å². The van der Waals surface area contributed by atoms with Gasteiger partial charge in [-0.05, 0) is 30.9 Å². The number of H-pyrrole nitrogens is 1. The maximum Gasteiger partial charge on any atom is 0.260 e. The van der Waals surface area contributed by atoms with Crippen LogP contribution in [0.4, 0.5) is 5.95 Å². The van der Waals surface area contributed by atoms with Crippen LogP contribution in [0, 0.1) is 5.92 Å². The van der Waals surface area contributed by atoms with E-state index in [-0.39, 0.29) is 18.0 Å². The van der Waals surface area contributed by atoms with Gasteiger partial charge in [-0.2, -0.15) is 0 Å². The minimum absolute atomic E-state index is 0.129. The highest BCUT2D eigenvalue weighted by atomic mass is 16.2. The first kappa shape index (κ1) is 15.2. The molecule has 24 heavy (non-hydrogen) atoms. The summed E-state index contributed by atoms with van der Waals surface area (Å²) >= 11 is 0. The van der Waals surface area contributed by atoms with Crippen LogP contribution in [-0.4, -0.2) is 47.0 Å². The molecule has 1 saturated heterocycles. The molecular weight excluding hydrogens is 304 g/mol. The summed E-state index contributed by atoms with van der Waals surface area (Å²) in [4.78, 5) is 35.9. The van der Waals surface area contributed by atoms with Gasteiger partial charge in [-0.15, -0.1) is 0 Å². The SMILES string of the molecule is O=C1CN(c2nc3ccccc3c(=O)[nH]2)CCN1CC1CCCC1. The zero-order valence-corrected chi connectivity index (χ0v) is 13.7. The quantitative estimate of drug-likeness (QED) is 0.933. The van der Waals surface area contributed by atoms with Gasteiger partial charge >= 0.3 is 0 Å². The maximum absolute atomic E-state index is 12.5. The normalized spacial score (nSPS) is 19.4. The molecule has 6 heteroatoms. The fourth-order valence-corrected chi connectivity index (χ4v) is 3.81. The molecule has 2 aliphatic rings. The Morgan fingerprint density at radius 2 is 1.92 bits per heavy atom. The predicted octanol–water partition coefficient (Wildman–Crippen LogP) is 1.76. The number of piperazine rings is 1. The Labute approximate surface area is 140 Å². The number of fused-ring (bicyclic) bond motifs is 1. The second kappa shape index (κ2) is 6.26. The molecule has 0 spiro atoms. The Hall–Kier alpha value is -2.37. The standard InChI is InChI=1S/C18H22N4O2/c23-16-12-22(10-9-21(16)11-13-5-1-2-6-13)18-19-15-8-4-3-7-14(15)17(24)20-18/h3-4,7-8,13H,1-2,5-6,9-12H2,(H,19,20,24). The van der Waals surface area contributed by atoms with Gasteiger partial charge in [0.1, 0.15) is 0 Å². The van der Waals surface area contributed by atoms with Gasteiger partial charge in [0.05, 0.1) is 17.4 Å². The van der Waals surface area contributed by atoms with E-state index in [1.807, 2.05) is 28.0 Å². The van der Waals surface area contributed by atoms with E-state index in [0.29, 0.717) is 35.9 Å². The molecule has 1 aliphatic heterocycles. The predicted molar refractivity (Wildman–Crippen MR) is 93.1 cm³/mol. The summed E-state index contributed by atoms with van der Waals surface area (Å²) in [5.74, 6) is 1.29. The number of aromatic amines is 1. The molecule has 2 heterocycles. The number of anilines is 1. The van der Waals surface area contributed by atoms with Crippen LogP contribution >= 0.6 is 0 Å². The first-order chi connectivity index (χ1) is 11.7. The molecule has 0 unspecified atom stereocenters. The van der Waals surface area contributed by atoms with Gasteiger partial charge in [0.25, 0.3) is 5.56 Å². The number of rotatable bonds is 3. The number of benzene rings is 1. The maximum atomic E-state index is 12.5. The Balaban J connectivity index is 1.50. The summed E-state index contributed by atoms with van der Waals surface area (Å²) in [6.07, 6.45) is 5.07. The molecule has 4 rings (SSSR count). The summed E-state index contributed by atoms with van der Waals surface area (Å²) in [6.45, 7) is 2.58. The second-order valence-electron chi connectivity index (χ2n) is 6.82. The van der Waals surface area contributed by atoms with Crippen molar-refractivity contribution in [1.82, 2.24) is 14.9 Å². The van der Waals surface area contributed by atoms with Crippen LogP contribution in [0.1, 0.15) is 25.7 Å². The molecule has 0 atom stereocenters. The number of aromatic nitrogens is 2. The lowest BCUT2D eigenvalue weighted by atomic mass is 10.1. The number of para-hydroxylation sites is 1. The van der Waals surface area contributed by atoms with Crippen molar-refractivity contribution in [3.8, 4) is 0 Å². The summed E-state index contributed by atoms with van der Waals surface area (Å²) < 4.78 is 0. The van der Waals surface area contributed by atoms with Crippen molar-refractivity contribution in [3.63, 3.8) is 0 Å². The largest absolute Gasteiger partial charge is 0.339 e. The summed E-state index contributed by atoms with van der Waals surface area (Å²) in [7, 11) is 0. The number of amides is 1. The van der Waals surface area contributed by atoms with Crippen LogP contribution in [0.15, 0.2) is 29.1 Å². The van der Waals surface area contributed by atoms with E-state index < -0.39 is 0 Å². The van der Waals surface area contributed by atoms with Crippen molar-refractivity contribution in [2.24, 2.45) is 5.92 Å². The van der Waals surface area contributed by atoms with Gasteiger partial charge in [-0.25, -0.2) is 4.98 Å². The molecule has 126 valence electrons. The van der Waals surface area contributed by atoms with E-state index in [2.05, 4.69) is 9.97 Å². The van der Waals surface area contributed by atoms with Crippen LogP contribution in [0.2, 0.25) is 0 Å². The first-order valence-electron chi connectivity index (χ1n) is 8.72. The van der Waals surface area contributed by atoms with Crippen molar-refractivity contribution in [1.29, 1.82) is 0 Å². The third-order valence-electron chi connectivity index (χ3n) is 5.17. The van der Waals surface area contributed by atoms with Crippen molar-refractivity contribution in [3.05, 3.63) is 34.6 Å². The van der Waals surface area contributed by atoms with Gasteiger partial charge in [-0.3, -0.25) is 14.6 Å². The first-order valence-corrected chi connectivity index (χ1v) is 8.72. The number of nitrogens with one attached hydrogen (secondary N) is 1. The third kappa shape index (κ3) is 2.88. The lowest BCUT2D eigenvalue weighted by Crippen LogP contribution is -2.52. The zero-order chi connectivity index (χ0) is 16.5. The van der Waals surface area contributed by atoms with Gasteiger partial charge in [0.2, 0.25) is 11.9 Å². The number of carbonyl (C=O) groups is 1. The van der Waals surface area contributed by atoms with Gasteiger partial charge < -0.3 is 9.80 Å². The summed E-state index contributed by atoms with van der Waals surface area (Å²) in [6, 6.07) is 7.27. The minimum atomic E-state index is -0.156. The van der Waals surface area contributed by atoms with E-state index in [9.17, 15) is 9.59 Å². The molecule has 0 bridgehead atoms. The number of hydrogen-bond donors (Lipinski definition) is 1. The molecule has 1 aromatic carbocycles. The fourth-order valence-electron chi connectivity index (χ4n) is 3.81. The highest BCUT2D eigenvalue weighted by Gasteiger charge is 2.28. The third-order valence-corrected chi connectivity index (χ3v) is 5.17. The second-order valence-corrected chi connectivity index (χ2v) is 6.82. The van der Waals surface area contributed by atoms with E-state index in [0.717, 1.165) is 6.54 Å². The molecule has 1 N–H and O–H groups in total. The topological polar surface area (TPSA) is 69.3 Å². The van der Waals surface area contributed by atoms with Gasteiger partial charge in [0.15, 0.2) is 0 Å². The Morgan fingerprint density at radius 3 is 2.71 bits per heavy atom. The molecule has 1 aliphatic carbocycles. The van der Waals surface area contributed by atoms with E-state index in [4.69, 9.17) is 0 Å². The van der Waals surface area contributed by atoms with Gasteiger partial charge in [-0.1, -0.05) is 25.0 Å². The lowest BCUT2D eigenvalue weighted by molar-refractivity contribution is -0.131. The van der Waals surface area contributed by atoms with Crippen molar-refractivity contribution in [2.45, 2.75) is 25.7 Å². The van der Waals surface area contributed by atoms with Crippen LogP contribution in [0.3, 0.4) is 0 Å². The molecule has 0 radical (unpaired) electrons. The van der Waals surface area contributed by atoms with Crippen LogP contribution in [-0.2, 0) is 4.79 Å². The Morgan fingerprint density at radius 1 is 1.12 bits per heavy atom. The Kier molecular flexibility index (Phi) is 3.96. The van der Waals surface area contributed by atoms with Gasteiger partial charge in [0, 0.05) is 19.6 Å². The number of nitrogens with zero attached hydrogens (tertiary/aromatic N) is 3. The van der Waals surface area contributed by atoms with Crippen LogP contribution < -0.4 is 10.5 Å². The van der Waals surface area contributed by atoms with Crippen LogP contribution in [0.25, 0.3) is 10.9 Å². The molecule has 1 saturated carbocycles. The fraction of sp³-hybridized carbons (Fsp3) is 0.500. The van der Waals surface area contributed by atoms with Crippen LogP contribution in [0.5, 0.6) is 0 Å². The Bertz CT molecular complexity index is 810. The zero-order valence-electron chi connectivity index (χ0n) is 13.7. The molecule has 2 aromatic rings. The highest BCUT2D eigenvalue weighted by molar-refractivity contribution is 5.83. The average Bonchev–Trinajstić information content (AvgIpc) is 3.10. The molecule has 6 nitrogen and oxygen atoms in total. The molecule has 1 aromatic heterocycles. The highest BCUT2D eigenvalue weighted by Crippen LogP contribution is 2.26. The van der Waals surface area contributed by atoms with E-state index >= 15 is 0 Å². The van der Waals surface area contributed by atoms with Crippen molar-refractivity contribution < 1.29 is 4.79 Å². The number of hydrogen-bond acceptors (Lipinski definition) is 4. The summed E-state index contributed by atoms with van der Waals surface area (Å²) in [5.41, 5.74) is 0.508.